The van der Waals surface area contributed by atoms with Crippen LogP contribution >= 0.6 is 0 Å². The number of rotatable bonds is 5. The Kier molecular flexibility index (Phi) is 4.80. The van der Waals surface area contributed by atoms with Gasteiger partial charge in [0.15, 0.2) is 6.29 Å². The van der Waals surface area contributed by atoms with Crippen LogP contribution in [0.15, 0.2) is 41.5 Å². The van der Waals surface area contributed by atoms with Crippen molar-refractivity contribution >= 4 is 0 Å². The Bertz CT molecular complexity index is 480. The summed E-state index contributed by atoms with van der Waals surface area (Å²) in [6.07, 6.45) is 3.15. The van der Waals surface area contributed by atoms with Crippen molar-refractivity contribution in [2.45, 2.75) is 18.9 Å². The van der Waals surface area contributed by atoms with Crippen LogP contribution in [0.5, 0.6) is 5.75 Å². The van der Waals surface area contributed by atoms with E-state index in [1.165, 1.54) is 0 Å². The molecule has 1 aromatic rings. The number of nitrogens with zero attached hydrogens (tertiary/aromatic N) is 3. The summed E-state index contributed by atoms with van der Waals surface area (Å²) in [5.41, 5.74) is 9.34. The predicted molar refractivity (Wildman–Crippen MR) is 69.6 cm³/mol. The first kappa shape index (κ1) is 13.4. The normalized spacial score (nSPS) is 21.7. The summed E-state index contributed by atoms with van der Waals surface area (Å²) < 4.78 is 16.1. The molecule has 19 heavy (non-hydrogen) atoms. The number of methoxy groups -OCH3 is 1. The Hall–Kier alpha value is -2.01. The third kappa shape index (κ3) is 3.99. The Labute approximate surface area is 111 Å². The molecule has 0 amide bonds. The average Bonchev–Trinajstić information content (AvgIpc) is 2.47. The van der Waals surface area contributed by atoms with Gasteiger partial charge in [0.1, 0.15) is 5.75 Å². The molecule has 0 saturated carbocycles. The molecule has 0 N–H and O–H groups in total. The highest BCUT2D eigenvalue weighted by Crippen LogP contribution is 2.15. The van der Waals surface area contributed by atoms with Gasteiger partial charge in [0, 0.05) is 4.91 Å². The van der Waals surface area contributed by atoms with E-state index >= 15 is 0 Å². The van der Waals surface area contributed by atoms with E-state index in [1.807, 2.05) is 24.3 Å². The fourth-order valence-corrected chi connectivity index (χ4v) is 1.67. The largest absolute Gasteiger partial charge is 0.497 e. The molecule has 6 heteroatoms. The molecule has 100 valence electrons. The van der Waals surface area contributed by atoms with Gasteiger partial charge in [0.2, 0.25) is 0 Å². The Morgan fingerprint density at radius 2 is 2.16 bits per heavy atom. The van der Waals surface area contributed by atoms with E-state index in [0.29, 0.717) is 13.2 Å². The third-order valence-corrected chi connectivity index (χ3v) is 2.69. The monoisotopic (exact) mass is 261 g/mol. The van der Waals surface area contributed by atoms with E-state index in [1.54, 1.807) is 19.3 Å². The molecule has 1 aromatic carbocycles. The number of ether oxygens (including phenoxy) is 3. The molecule has 0 aliphatic carbocycles. The van der Waals surface area contributed by atoms with Gasteiger partial charge in [-0.1, -0.05) is 23.3 Å². The van der Waals surface area contributed by atoms with Crippen molar-refractivity contribution in [3.8, 4) is 5.75 Å². The molecular weight excluding hydrogens is 246 g/mol. The van der Waals surface area contributed by atoms with Crippen LogP contribution in [0.1, 0.15) is 5.56 Å². The summed E-state index contributed by atoms with van der Waals surface area (Å²) in [7, 11) is 1.63. The average molecular weight is 261 g/mol. The summed E-state index contributed by atoms with van der Waals surface area (Å²) in [5, 5.41) is 3.55. The third-order valence-electron chi connectivity index (χ3n) is 2.69. The highest BCUT2D eigenvalue weighted by Gasteiger charge is 2.15. The van der Waals surface area contributed by atoms with Crippen LogP contribution in [-0.2, 0) is 16.1 Å². The van der Waals surface area contributed by atoms with Crippen molar-refractivity contribution in [3.05, 3.63) is 52.4 Å². The molecule has 2 rings (SSSR count). The SMILES string of the molecule is COc1ccc(CO[C@H]2C=C[C@H](N=[N+]=[N-])CO2)cc1. The van der Waals surface area contributed by atoms with Gasteiger partial charge < -0.3 is 14.2 Å². The number of hydrogen-bond donors (Lipinski definition) is 0. The minimum atomic E-state index is -0.396. The summed E-state index contributed by atoms with van der Waals surface area (Å²) in [4.78, 5) is 2.74. The summed E-state index contributed by atoms with van der Waals surface area (Å²) >= 11 is 0. The Morgan fingerprint density at radius 3 is 2.74 bits per heavy atom. The minimum absolute atomic E-state index is 0.245. The van der Waals surface area contributed by atoms with Crippen molar-refractivity contribution in [1.29, 1.82) is 0 Å². The van der Waals surface area contributed by atoms with Crippen molar-refractivity contribution in [3.63, 3.8) is 0 Å². The van der Waals surface area contributed by atoms with Crippen LogP contribution in [0.4, 0.5) is 0 Å². The van der Waals surface area contributed by atoms with Gasteiger partial charge in [-0.05, 0) is 29.3 Å². The first-order chi connectivity index (χ1) is 9.31. The summed E-state index contributed by atoms with van der Waals surface area (Å²) in [6.45, 7) is 0.791. The van der Waals surface area contributed by atoms with E-state index in [4.69, 9.17) is 19.7 Å². The zero-order valence-electron chi connectivity index (χ0n) is 10.6. The zero-order chi connectivity index (χ0) is 13.5. The maximum Gasteiger partial charge on any atom is 0.177 e. The highest BCUT2D eigenvalue weighted by molar-refractivity contribution is 5.26. The van der Waals surface area contributed by atoms with Gasteiger partial charge in [-0.3, -0.25) is 0 Å². The number of hydrogen-bond acceptors (Lipinski definition) is 4. The molecule has 0 unspecified atom stereocenters. The van der Waals surface area contributed by atoms with E-state index in [2.05, 4.69) is 10.0 Å². The highest BCUT2D eigenvalue weighted by atomic mass is 16.7. The van der Waals surface area contributed by atoms with E-state index in [0.717, 1.165) is 11.3 Å². The van der Waals surface area contributed by atoms with Gasteiger partial charge in [-0.25, -0.2) is 0 Å². The van der Waals surface area contributed by atoms with Gasteiger partial charge in [0.05, 0.1) is 26.4 Å². The second-order valence-electron chi connectivity index (χ2n) is 4.02. The molecule has 1 heterocycles. The number of benzene rings is 1. The molecule has 1 aliphatic rings. The molecular formula is C13H15N3O3. The standard InChI is InChI=1S/C13H15N3O3/c1-17-12-5-2-10(3-6-12)8-18-13-7-4-11(9-19-13)15-16-14/h2-7,11,13H,8-9H2,1H3/t11-,13+/m0/s1. The molecule has 0 radical (unpaired) electrons. The van der Waals surface area contributed by atoms with Crippen molar-refractivity contribution < 1.29 is 14.2 Å². The minimum Gasteiger partial charge on any atom is -0.497 e. The lowest BCUT2D eigenvalue weighted by Gasteiger charge is -2.21. The lowest BCUT2D eigenvalue weighted by Crippen LogP contribution is -2.25. The molecule has 0 saturated heterocycles. The van der Waals surface area contributed by atoms with Crippen LogP contribution in [-0.4, -0.2) is 26.0 Å². The lowest BCUT2D eigenvalue weighted by molar-refractivity contribution is -0.125. The molecule has 6 nitrogen and oxygen atoms in total. The smallest absolute Gasteiger partial charge is 0.177 e. The second kappa shape index (κ2) is 6.80. The summed E-state index contributed by atoms with van der Waals surface area (Å²) in [6, 6.07) is 7.40. The topological polar surface area (TPSA) is 76.5 Å². The molecule has 1 aliphatic heterocycles. The lowest BCUT2D eigenvalue weighted by atomic mass is 10.2. The maximum atomic E-state index is 8.31. The van der Waals surface area contributed by atoms with Crippen molar-refractivity contribution in [1.82, 2.24) is 0 Å². The molecule has 0 spiro atoms. The van der Waals surface area contributed by atoms with Crippen LogP contribution in [0.25, 0.3) is 10.4 Å². The summed E-state index contributed by atoms with van der Waals surface area (Å²) in [5.74, 6) is 0.815. The Balaban J connectivity index is 1.82. The maximum absolute atomic E-state index is 8.31. The van der Waals surface area contributed by atoms with Crippen LogP contribution in [0, 0.1) is 0 Å². The van der Waals surface area contributed by atoms with E-state index in [-0.39, 0.29) is 6.04 Å². The fraction of sp³-hybridized carbons (Fsp3) is 0.385. The van der Waals surface area contributed by atoms with E-state index in [9.17, 15) is 0 Å². The van der Waals surface area contributed by atoms with Gasteiger partial charge in [-0.2, -0.15) is 0 Å². The first-order valence-corrected chi connectivity index (χ1v) is 5.90. The van der Waals surface area contributed by atoms with Gasteiger partial charge in [-0.15, -0.1) is 0 Å². The van der Waals surface area contributed by atoms with Crippen LogP contribution < -0.4 is 4.74 Å². The first-order valence-electron chi connectivity index (χ1n) is 5.90. The quantitative estimate of drug-likeness (QED) is 0.354. The predicted octanol–water partition coefficient (Wildman–Crippen LogP) is 2.80. The van der Waals surface area contributed by atoms with Crippen LogP contribution in [0.2, 0.25) is 0 Å². The molecule has 0 bridgehead atoms. The van der Waals surface area contributed by atoms with E-state index < -0.39 is 6.29 Å². The van der Waals surface area contributed by atoms with Crippen LogP contribution in [0.3, 0.4) is 0 Å². The molecule has 0 fully saturated rings. The van der Waals surface area contributed by atoms with Crippen molar-refractivity contribution in [2.24, 2.45) is 5.11 Å². The zero-order valence-corrected chi connectivity index (χ0v) is 10.6. The number of azide groups is 1. The molecule has 2 atom stereocenters. The van der Waals surface area contributed by atoms with Gasteiger partial charge in [0.25, 0.3) is 0 Å². The van der Waals surface area contributed by atoms with Crippen molar-refractivity contribution in [2.75, 3.05) is 13.7 Å². The fourth-order valence-electron chi connectivity index (χ4n) is 1.67. The second-order valence-corrected chi connectivity index (χ2v) is 4.02. The van der Waals surface area contributed by atoms with Gasteiger partial charge >= 0.3 is 0 Å². The molecule has 0 aromatic heterocycles. The Morgan fingerprint density at radius 1 is 1.37 bits per heavy atom.